The van der Waals surface area contributed by atoms with Crippen LogP contribution in [0.5, 0.6) is 5.75 Å². The van der Waals surface area contributed by atoms with Gasteiger partial charge in [-0.1, -0.05) is 17.7 Å². The molecule has 1 aromatic carbocycles. The van der Waals surface area contributed by atoms with Crippen molar-refractivity contribution in [3.8, 4) is 5.75 Å². The third-order valence-corrected chi connectivity index (χ3v) is 8.41. The molecule has 2 N–H and O–H groups in total. The minimum atomic E-state index is -0.510. The summed E-state index contributed by atoms with van der Waals surface area (Å²) in [5, 5.41) is 6.90. The molecule has 228 valence electrons. The van der Waals surface area contributed by atoms with Crippen LogP contribution in [0.3, 0.4) is 0 Å². The second-order valence-corrected chi connectivity index (χ2v) is 12.9. The number of carbonyl (C=O) groups excluding carboxylic acids is 2. The van der Waals surface area contributed by atoms with E-state index in [1.807, 2.05) is 39.0 Å². The maximum atomic E-state index is 13.3. The monoisotopic (exact) mass is 599 g/mol. The smallest absolute Gasteiger partial charge is 0.410 e. The topological polar surface area (TPSA) is 112 Å². The number of ether oxygens (including phenoxy) is 2. The van der Waals surface area contributed by atoms with E-state index in [0.29, 0.717) is 66.2 Å². The van der Waals surface area contributed by atoms with Gasteiger partial charge in [-0.3, -0.25) is 9.69 Å². The number of anilines is 2. The van der Waals surface area contributed by atoms with Crippen LogP contribution in [0.25, 0.3) is 0 Å². The van der Waals surface area contributed by atoms with Crippen LogP contribution >= 0.6 is 11.6 Å². The SMILES string of the molecule is COc1ccc(CNc2nc(N3CCC4(CC4)C3)ncc2C(=O)NCCN2CCN(C(=O)OC(C)(C)C)CC2)cc1Cl. The predicted molar refractivity (Wildman–Crippen MR) is 162 cm³/mol. The number of piperazine rings is 1. The highest BCUT2D eigenvalue weighted by Crippen LogP contribution is 2.53. The van der Waals surface area contributed by atoms with Gasteiger partial charge in [0.2, 0.25) is 5.95 Å². The van der Waals surface area contributed by atoms with Gasteiger partial charge in [0.15, 0.2) is 0 Å². The largest absolute Gasteiger partial charge is 0.495 e. The lowest BCUT2D eigenvalue weighted by Crippen LogP contribution is -2.51. The van der Waals surface area contributed by atoms with Crippen LogP contribution in [0, 0.1) is 5.41 Å². The summed E-state index contributed by atoms with van der Waals surface area (Å²) in [6, 6.07) is 5.60. The molecule has 3 heterocycles. The van der Waals surface area contributed by atoms with Crippen LogP contribution < -0.4 is 20.3 Å². The molecule has 11 nitrogen and oxygen atoms in total. The van der Waals surface area contributed by atoms with Gasteiger partial charge in [0.1, 0.15) is 22.7 Å². The van der Waals surface area contributed by atoms with Crippen LogP contribution in [0.4, 0.5) is 16.6 Å². The number of nitrogens with one attached hydrogen (secondary N) is 2. The first-order valence-electron chi connectivity index (χ1n) is 14.7. The molecule has 2 amide bonds. The van der Waals surface area contributed by atoms with Crippen molar-refractivity contribution in [3.05, 3.63) is 40.5 Å². The first kappa shape index (κ1) is 30.2. The molecule has 0 bridgehead atoms. The Bertz CT molecular complexity index is 1290. The molecule has 1 saturated carbocycles. The van der Waals surface area contributed by atoms with Crippen molar-refractivity contribution < 1.29 is 19.1 Å². The fourth-order valence-corrected chi connectivity index (χ4v) is 5.71. The van der Waals surface area contributed by atoms with E-state index in [9.17, 15) is 9.59 Å². The van der Waals surface area contributed by atoms with Gasteiger partial charge in [-0.05, 0) is 63.1 Å². The van der Waals surface area contributed by atoms with Crippen molar-refractivity contribution >= 4 is 35.4 Å². The average Bonchev–Trinajstić information content (AvgIpc) is 3.59. The van der Waals surface area contributed by atoms with Gasteiger partial charge in [-0.15, -0.1) is 0 Å². The normalized spacial score (nSPS) is 18.2. The summed E-state index contributed by atoms with van der Waals surface area (Å²) < 4.78 is 10.7. The molecular weight excluding hydrogens is 558 g/mol. The number of nitrogens with zero attached hydrogens (tertiary/aromatic N) is 5. The summed E-state index contributed by atoms with van der Waals surface area (Å²) in [5.41, 5.74) is 1.26. The molecule has 2 aliphatic heterocycles. The Hall–Kier alpha value is -3.31. The van der Waals surface area contributed by atoms with Crippen LogP contribution in [-0.2, 0) is 11.3 Å². The minimum Gasteiger partial charge on any atom is -0.495 e. The maximum absolute atomic E-state index is 13.3. The van der Waals surface area contributed by atoms with E-state index < -0.39 is 5.60 Å². The molecule has 5 rings (SSSR count). The summed E-state index contributed by atoms with van der Waals surface area (Å²) in [5.74, 6) is 1.52. The van der Waals surface area contributed by atoms with E-state index >= 15 is 0 Å². The molecule has 2 saturated heterocycles. The number of hydrogen-bond donors (Lipinski definition) is 2. The number of benzene rings is 1. The number of carbonyl (C=O) groups is 2. The highest BCUT2D eigenvalue weighted by Gasteiger charge is 2.48. The van der Waals surface area contributed by atoms with Crippen molar-refractivity contribution in [1.29, 1.82) is 0 Å². The van der Waals surface area contributed by atoms with Crippen molar-refractivity contribution in [1.82, 2.24) is 25.1 Å². The highest BCUT2D eigenvalue weighted by molar-refractivity contribution is 6.32. The predicted octanol–water partition coefficient (Wildman–Crippen LogP) is 4.02. The lowest BCUT2D eigenvalue weighted by molar-refractivity contribution is 0.0147. The molecule has 0 radical (unpaired) electrons. The summed E-state index contributed by atoms with van der Waals surface area (Å²) in [7, 11) is 1.58. The summed E-state index contributed by atoms with van der Waals surface area (Å²) in [4.78, 5) is 41.2. The average molecular weight is 600 g/mol. The number of amides is 2. The van der Waals surface area contributed by atoms with Gasteiger partial charge in [0.05, 0.1) is 12.1 Å². The van der Waals surface area contributed by atoms with Crippen LogP contribution in [0.1, 0.15) is 56.0 Å². The third kappa shape index (κ3) is 7.55. The Labute approximate surface area is 252 Å². The Morgan fingerprint density at radius 3 is 2.50 bits per heavy atom. The molecule has 3 aliphatic rings. The minimum absolute atomic E-state index is 0.232. The van der Waals surface area contributed by atoms with E-state index in [-0.39, 0.29) is 12.0 Å². The molecule has 0 atom stereocenters. The number of hydrogen-bond acceptors (Lipinski definition) is 9. The van der Waals surface area contributed by atoms with Crippen LogP contribution in [-0.4, -0.2) is 96.8 Å². The molecule has 1 spiro atoms. The molecule has 0 unspecified atom stereocenters. The van der Waals surface area contributed by atoms with E-state index in [4.69, 9.17) is 26.1 Å². The lowest BCUT2D eigenvalue weighted by atomic mass is 10.1. The molecular formula is C30H42ClN7O4. The molecule has 12 heteroatoms. The molecule has 1 aliphatic carbocycles. The van der Waals surface area contributed by atoms with Crippen LogP contribution in [0.15, 0.2) is 24.4 Å². The fraction of sp³-hybridized carbons (Fsp3) is 0.600. The van der Waals surface area contributed by atoms with Crippen LogP contribution in [0.2, 0.25) is 5.02 Å². The van der Waals surface area contributed by atoms with Crippen molar-refractivity contribution in [2.24, 2.45) is 5.41 Å². The third-order valence-electron chi connectivity index (χ3n) is 8.11. The second-order valence-electron chi connectivity index (χ2n) is 12.5. The Balaban J connectivity index is 1.19. The number of rotatable bonds is 9. The quantitative estimate of drug-likeness (QED) is 0.441. The van der Waals surface area contributed by atoms with Crippen molar-refractivity contribution in [2.45, 2.75) is 52.2 Å². The van der Waals surface area contributed by atoms with E-state index in [1.54, 1.807) is 18.2 Å². The summed E-state index contributed by atoms with van der Waals surface area (Å²) in [6.07, 6.45) is 5.04. The molecule has 42 heavy (non-hydrogen) atoms. The number of halogens is 1. The maximum Gasteiger partial charge on any atom is 0.410 e. The lowest BCUT2D eigenvalue weighted by Gasteiger charge is -2.35. The number of methoxy groups -OCH3 is 1. The van der Waals surface area contributed by atoms with E-state index in [1.165, 1.54) is 12.8 Å². The first-order valence-corrected chi connectivity index (χ1v) is 15.1. The highest BCUT2D eigenvalue weighted by atomic mass is 35.5. The molecule has 1 aromatic heterocycles. The number of aromatic nitrogens is 2. The first-order chi connectivity index (χ1) is 20.0. The van der Waals surface area contributed by atoms with Gasteiger partial charge in [0, 0.05) is 65.1 Å². The van der Waals surface area contributed by atoms with E-state index in [0.717, 1.165) is 38.2 Å². The standard InChI is InChI=1S/C30H42ClN7O4/c1-29(2,3)42-28(40)37-15-13-36(14-16-37)12-10-32-26(39)22-19-34-27(38-11-9-30(20-38)7-8-30)35-25(22)33-18-21-5-6-24(41-4)23(31)17-21/h5-6,17,19H,7-16,18,20H2,1-4H3,(H,32,39)(H,33,34,35). The van der Waals surface area contributed by atoms with Crippen molar-refractivity contribution in [3.63, 3.8) is 0 Å². The zero-order chi connectivity index (χ0) is 29.9. The summed E-state index contributed by atoms with van der Waals surface area (Å²) in [6.45, 7) is 11.7. The van der Waals surface area contributed by atoms with Gasteiger partial charge in [0.25, 0.3) is 5.91 Å². The Kier molecular flexibility index (Phi) is 8.98. The van der Waals surface area contributed by atoms with Gasteiger partial charge >= 0.3 is 6.09 Å². The summed E-state index contributed by atoms with van der Waals surface area (Å²) >= 11 is 6.33. The Morgan fingerprint density at radius 1 is 1.10 bits per heavy atom. The van der Waals surface area contributed by atoms with E-state index in [2.05, 4.69) is 25.4 Å². The zero-order valence-electron chi connectivity index (χ0n) is 25.0. The molecule has 3 fully saturated rings. The van der Waals surface area contributed by atoms with Gasteiger partial charge < -0.3 is 29.9 Å². The van der Waals surface area contributed by atoms with Gasteiger partial charge in [-0.25, -0.2) is 9.78 Å². The van der Waals surface area contributed by atoms with Crippen molar-refractivity contribution in [2.75, 3.05) is 69.7 Å². The van der Waals surface area contributed by atoms with Gasteiger partial charge in [-0.2, -0.15) is 4.98 Å². The Morgan fingerprint density at radius 2 is 1.86 bits per heavy atom. The zero-order valence-corrected chi connectivity index (χ0v) is 25.8. The molecule has 2 aromatic rings. The second kappa shape index (κ2) is 12.5. The fourth-order valence-electron chi connectivity index (χ4n) is 5.43.